The molecule has 4 aromatic heterocycles. The molecule has 0 saturated heterocycles. The summed E-state index contributed by atoms with van der Waals surface area (Å²) >= 11 is 0. The number of aryl methyl sites for hydroxylation is 4. The van der Waals surface area contributed by atoms with E-state index in [1.807, 2.05) is 57.9 Å². The molecule has 4 aromatic rings. The molecule has 0 saturated carbocycles. The number of aromatic nitrogens is 6. The average Bonchev–Trinajstić information content (AvgIpc) is 3.35. The lowest BCUT2D eigenvalue weighted by Gasteiger charge is -2.06. The molecule has 0 atom stereocenters. The van der Waals surface area contributed by atoms with Gasteiger partial charge in [-0.3, -0.25) is 29.3 Å². The van der Waals surface area contributed by atoms with Gasteiger partial charge in [0.15, 0.2) is 0 Å². The largest absolute Gasteiger partial charge is 0.284 e. The summed E-state index contributed by atoms with van der Waals surface area (Å²) in [7, 11) is 0. The molecule has 4 heterocycles. The number of aliphatic imine (C=N–C) groups is 2. The van der Waals surface area contributed by atoms with Crippen LogP contribution in [0.2, 0.25) is 0 Å². The van der Waals surface area contributed by atoms with Gasteiger partial charge >= 0.3 is 0 Å². The van der Waals surface area contributed by atoms with E-state index < -0.39 is 0 Å². The quantitative estimate of drug-likeness (QED) is 0.384. The summed E-state index contributed by atoms with van der Waals surface area (Å²) in [4.78, 5) is 17.5. The fourth-order valence-corrected chi connectivity index (χ4v) is 3.29. The summed E-state index contributed by atoms with van der Waals surface area (Å²) in [5.74, 6) is 0. The zero-order valence-corrected chi connectivity index (χ0v) is 18.3. The molecule has 32 heavy (non-hydrogen) atoms. The smallest absolute Gasteiger partial charge is 0.103 e. The van der Waals surface area contributed by atoms with Crippen LogP contribution in [0.3, 0.4) is 0 Å². The van der Waals surface area contributed by atoms with E-state index >= 15 is 0 Å². The monoisotopic (exact) mass is 426 g/mol. The summed E-state index contributed by atoms with van der Waals surface area (Å²) in [6.45, 7) is 6.65. The normalized spacial score (nSPS) is 11.7. The predicted molar refractivity (Wildman–Crippen MR) is 125 cm³/mol. The maximum Gasteiger partial charge on any atom is 0.103 e. The Morgan fingerprint density at radius 2 is 1.19 bits per heavy atom. The van der Waals surface area contributed by atoms with Gasteiger partial charge in [-0.05, 0) is 50.2 Å². The highest BCUT2D eigenvalue weighted by Gasteiger charge is 2.06. The maximum atomic E-state index is 4.65. The van der Waals surface area contributed by atoms with Gasteiger partial charge in [-0.25, -0.2) is 0 Å². The second-order valence-corrected chi connectivity index (χ2v) is 7.45. The number of hydrogen-bond acceptors (Lipinski definition) is 6. The molecule has 0 amide bonds. The van der Waals surface area contributed by atoms with Crippen LogP contribution in [-0.4, -0.2) is 42.0 Å². The van der Waals surface area contributed by atoms with Crippen LogP contribution in [0.15, 0.2) is 70.9 Å². The van der Waals surface area contributed by atoms with E-state index in [0.29, 0.717) is 13.1 Å². The highest BCUT2D eigenvalue weighted by Crippen LogP contribution is 2.06. The lowest BCUT2D eigenvalue weighted by molar-refractivity contribution is 0.485. The topological polar surface area (TPSA) is 86.1 Å². The third-order valence-electron chi connectivity index (χ3n) is 4.93. The molecule has 0 aliphatic heterocycles. The van der Waals surface area contributed by atoms with Gasteiger partial charge in [0.05, 0.1) is 37.6 Å². The molecule has 0 aliphatic rings. The standard InChI is InChI=1S/C24H26N8/c1-19-13-23(17-25-15-21-7-3-5-9-27-21)29-31(19)11-12-32-20(2)14-24(30-32)18-26-16-22-8-4-6-10-28-22/h3-10,13-14,17-18H,11-12,15-16H2,1-2H3. The molecule has 0 N–H and O–H groups in total. The Morgan fingerprint density at radius 1 is 0.719 bits per heavy atom. The van der Waals surface area contributed by atoms with Gasteiger partial charge < -0.3 is 0 Å². The van der Waals surface area contributed by atoms with Crippen molar-refractivity contribution < 1.29 is 0 Å². The van der Waals surface area contributed by atoms with Crippen molar-refractivity contribution in [3.63, 3.8) is 0 Å². The van der Waals surface area contributed by atoms with E-state index in [1.54, 1.807) is 24.8 Å². The van der Waals surface area contributed by atoms with Gasteiger partial charge in [-0.1, -0.05) is 12.1 Å². The predicted octanol–water partition coefficient (Wildman–Crippen LogP) is 3.42. The summed E-state index contributed by atoms with van der Waals surface area (Å²) in [6, 6.07) is 15.7. The molecule has 0 aliphatic carbocycles. The number of hydrogen-bond donors (Lipinski definition) is 0. The van der Waals surface area contributed by atoms with Crippen molar-refractivity contribution in [1.82, 2.24) is 29.5 Å². The minimum absolute atomic E-state index is 0.546. The number of pyridine rings is 2. The molecule has 0 unspecified atom stereocenters. The van der Waals surface area contributed by atoms with E-state index in [0.717, 1.165) is 47.3 Å². The first-order valence-electron chi connectivity index (χ1n) is 10.6. The zero-order chi connectivity index (χ0) is 22.2. The zero-order valence-electron chi connectivity index (χ0n) is 18.3. The molecule has 0 spiro atoms. The fraction of sp³-hybridized carbons (Fsp3) is 0.250. The lowest BCUT2D eigenvalue weighted by Crippen LogP contribution is -2.12. The van der Waals surface area contributed by atoms with E-state index in [1.165, 1.54) is 0 Å². The number of nitrogens with zero attached hydrogens (tertiary/aromatic N) is 8. The molecular formula is C24H26N8. The van der Waals surface area contributed by atoms with Crippen LogP contribution in [0.1, 0.15) is 34.2 Å². The Hall–Kier alpha value is -3.94. The van der Waals surface area contributed by atoms with Crippen molar-refractivity contribution in [1.29, 1.82) is 0 Å². The Bertz CT molecular complexity index is 1090. The van der Waals surface area contributed by atoms with Crippen molar-refractivity contribution in [2.75, 3.05) is 0 Å². The van der Waals surface area contributed by atoms with E-state index in [9.17, 15) is 0 Å². The van der Waals surface area contributed by atoms with E-state index in [2.05, 4.69) is 44.0 Å². The van der Waals surface area contributed by atoms with Gasteiger partial charge in [-0.15, -0.1) is 0 Å². The summed E-state index contributed by atoms with van der Waals surface area (Å²) < 4.78 is 3.97. The third kappa shape index (κ3) is 5.81. The first kappa shape index (κ1) is 21.3. The van der Waals surface area contributed by atoms with Crippen molar-refractivity contribution in [2.45, 2.75) is 40.0 Å². The second-order valence-electron chi connectivity index (χ2n) is 7.45. The lowest BCUT2D eigenvalue weighted by atomic mass is 10.3. The first-order valence-corrected chi connectivity index (χ1v) is 10.6. The Labute approximate surface area is 187 Å². The van der Waals surface area contributed by atoms with Gasteiger partial charge in [0.1, 0.15) is 11.4 Å². The van der Waals surface area contributed by atoms with Crippen molar-refractivity contribution in [3.05, 3.63) is 95.1 Å². The second kappa shape index (κ2) is 10.4. The van der Waals surface area contributed by atoms with Crippen LogP contribution in [0, 0.1) is 13.8 Å². The van der Waals surface area contributed by atoms with E-state index in [-0.39, 0.29) is 0 Å². The molecule has 0 fully saturated rings. The SMILES string of the molecule is Cc1cc(C=NCc2ccccn2)nn1CCn1nc(C=NCc2ccccn2)cc1C. The maximum absolute atomic E-state index is 4.65. The fourth-order valence-electron chi connectivity index (χ4n) is 3.29. The summed E-state index contributed by atoms with van der Waals surface area (Å²) in [6.07, 6.45) is 7.15. The molecule has 8 heteroatoms. The van der Waals surface area contributed by atoms with Gasteiger partial charge in [0, 0.05) is 36.2 Å². The molecule has 0 radical (unpaired) electrons. The Kier molecular flexibility index (Phi) is 6.91. The first-order chi connectivity index (χ1) is 15.7. The van der Waals surface area contributed by atoms with Crippen molar-refractivity contribution in [3.8, 4) is 0 Å². The van der Waals surface area contributed by atoms with Gasteiger partial charge in [-0.2, -0.15) is 10.2 Å². The minimum Gasteiger partial charge on any atom is -0.284 e. The molecule has 0 bridgehead atoms. The Balaban J connectivity index is 1.32. The van der Waals surface area contributed by atoms with Gasteiger partial charge in [0.25, 0.3) is 0 Å². The Morgan fingerprint density at radius 3 is 1.59 bits per heavy atom. The molecule has 0 aromatic carbocycles. The van der Waals surface area contributed by atoms with Crippen LogP contribution in [0.4, 0.5) is 0 Å². The van der Waals surface area contributed by atoms with Crippen molar-refractivity contribution >= 4 is 12.4 Å². The van der Waals surface area contributed by atoms with Crippen LogP contribution in [0.25, 0.3) is 0 Å². The summed E-state index contributed by atoms with van der Waals surface area (Å²) in [5, 5.41) is 9.30. The van der Waals surface area contributed by atoms with Crippen molar-refractivity contribution in [2.24, 2.45) is 9.98 Å². The molecular weight excluding hydrogens is 400 g/mol. The minimum atomic E-state index is 0.546. The number of rotatable bonds is 9. The molecule has 162 valence electrons. The van der Waals surface area contributed by atoms with Crippen LogP contribution in [-0.2, 0) is 26.2 Å². The average molecular weight is 427 g/mol. The van der Waals surface area contributed by atoms with E-state index in [4.69, 9.17) is 0 Å². The molecule has 4 rings (SSSR count). The molecule has 8 nitrogen and oxygen atoms in total. The van der Waals surface area contributed by atoms with Crippen LogP contribution in [0.5, 0.6) is 0 Å². The highest BCUT2D eigenvalue weighted by molar-refractivity contribution is 5.77. The highest BCUT2D eigenvalue weighted by atomic mass is 15.3. The summed E-state index contributed by atoms with van der Waals surface area (Å²) in [5.41, 5.74) is 5.75. The third-order valence-corrected chi connectivity index (χ3v) is 4.93. The van der Waals surface area contributed by atoms with Gasteiger partial charge in [0.2, 0.25) is 0 Å². The van der Waals surface area contributed by atoms with Crippen LogP contribution < -0.4 is 0 Å². The van der Waals surface area contributed by atoms with Crippen LogP contribution >= 0.6 is 0 Å².